The third-order valence-corrected chi connectivity index (χ3v) is 0.846. The van der Waals surface area contributed by atoms with Gasteiger partial charge in [-0.15, -0.1) is 13.2 Å². The summed E-state index contributed by atoms with van der Waals surface area (Å²) in [5.41, 5.74) is 0. The van der Waals surface area contributed by atoms with Gasteiger partial charge in [0, 0.05) is 13.1 Å². The molecule has 1 heterocycles. The molecule has 0 radical (unpaired) electrons. The predicted molar refractivity (Wildman–Crippen MR) is 46.3 cm³/mol. The van der Waals surface area contributed by atoms with Gasteiger partial charge in [-0.05, 0) is 0 Å². The first-order chi connectivity index (χ1) is 5.00. The van der Waals surface area contributed by atoms with Gasteiger partial charge in [-0.2, -0.15) is 0 Å². The summed E-state index contributed by atoms with van der Waals surface area (Å²) in [4.78, 5) is 0. The normalized spacial score (nSPS) is 15.4. The maximum Gasteiger partial charge on any atom is 0.0591 e. The topological polar surface area (TPSA) is 21.3 Å². The van der Waals surface area contributed by atoms with E-state index in [-0.39, 0.29) is 0 Å². The zero-order valence-electron chi connectivity index (χ0n) is 7.15. The van der Waals surface area contributed by atoms with Crippen LogP contribution in [0.5, 0.6) is 0 Å². The van der Waals surface area contributed by atoms with Crippen LogP contribution >= 0.6 is 0 Å². The summed E-state index contributed by atoms with van der Waals surface area (Å²) < 4.78 is 5.01. The SMILES string of the molecule is C1COCCN1.C=C.CC. The van der Waals surface area contributed by atoms with Crippen LogP contribution in [0.3, 0.4) is 0 Å². The van der Waals surface area contributed by atoms with Crippen molar-refractivity contribution in [1.82, 2.24) is 5.32 Å². The van der Waals surface area contributed by atoms with E-state index < -0.39 is 0 Å². The van der Waals surface area contributed by atoms with E-state index in [0.717, 1.165) is 26.3 Å². The number of hydrogen-bond donors (Lipinski definition) is 1. The molecule has 1 aliphatic heterocycles. The van der Waals surface area contributed by atoms with Crippen molar-refractivity contribution in [3.8, 4) is 0 Å². The molecule has 1 saturated heterocycles. The molecule has 62 valence electrons. The lowest BCUT2D eigenvalue weighted by Gasteiger charge is -2.10. The minimum atomic E-state index is 0.889. The highest BCUT2D eigenvalue weighted by molar-refractivity contribution is 4.49. The van der Waals surface area contributed by atoms with Crippen LogP contribution in [0.25, 0.3) is 0 Å². The Morgan fingerprint density at radius 2 is 1.50 bits per heavy atom. The van der Waals surface area contributed by atoms with Crippen molar-refractivity contribution in [2.45, 2.75) is 13.8 Å². The molecule has 2 nitrogen and oxygen atoms in total. The van der Waals surface area contributed by atoms with E-state index in [0.29, 0.717) is 0 Å². The molecule has 1 rings (SSSR count). The van der Waals surface area contributed by atoms with E-state index in [2.05, 4.69) is 18.5 Å². The quantitative estimate of drug-likeness (QED) is 0.521. The molecule has 1 aliphatic rings. The second kappa shape index (κ2) is 15.9. The molecule has 2 heteroatoms. The average molecular weight is 145 g/mol. The van der Waals surface area contributed by atoms with Crippen molar-refractivity contribution in [2.75, 3.05) is 26.3 Å². The van der Waals surface area contributed by atoms with Crippen LogP contribution in [0.15, 0.2) is 13.2 Å². The molecule has 0 aromatic rings. The molecule has 0 unspecified atom stereocenters. The van der Waals surface area contributed by atoms with Gasteiger partial charge < -0.3 is 10.1 Å². The lowest BCUT2D eigenvalue weighted by Crippen LogP contribution is -2.30. The van der Waals surface area contributed by atoms with Gasteiger partial charge in [0.25, 0.3) is 0 Å². The third-order valence-electron chi connectivity index (χ3n) is 0.846. The summed E-state index contributed by atoms with van der Waals surface area (Å²) >= 11 is 0. The second-order valence-corrected chi connectivity index (χ2v) is 1.36. The van der Waals surface area contributed by atoms with Crippen LogP contribution < -0.4 is 5.32 Å². The first-order valence-corrected chi connectivity index (χ1v) is 3.78. The van der Waals surface area contributed by atoms with Gasteiger partial charge in [0.2, 0.25) is 0 Å². The maximum absolute atomic E-state index is 5.01. The van der Waals surface area contributed by atoms with Gasteiger partial charge in [0.05, 0.1) is 13.2 Å². The highest BCUT2D eigenvalue weighted by Gasteiger charge is 1.92. The lowest BCUT2D eigenvalue weighted by atomic mass is 10.5. The van der Waals surface area contributed by atoms with Crippen molar-refractivity contribution in [1.29, 1.82) is 0 Å². The molecular weight excluding hydrogens is 126 g/mol. The molecule has 1 N–H and O–H groups in total. The van der Waals surface area contributed by atoms with E-state index in [1.807, 2.05) is 13.8 Å². The fraction of sp³-hybridized carbons (Fsp3) is 0.750. The number of ether oxygens (including phenoxy) is 1. The van der Waals surface area contributed by atoms with Gasteiger partial charge >= 0.3 is 0 Å². The number of nitrogens with one attached hydrogen (secondary N) is 1. The monoisotopic (exact) mass is 145 g/mol. The largest absolute Gasteiger partial charge is 0.379 e. The molecular formula is C8H19NO. The Hall–Kier alpha value is -0.340. The number of morpholine rings is 1. The first-order valence-electron chi connectivity index (χ1n) is 3.78. The summed E-state index contributed by atoms with van der Waals surface area (Å²) in [7, 11) is 0. The molecule has 1 fully saturated rings. The van der Waals surface area contributed by atoms with Crippen LogP contribution in [0.1, 0.15) is 13.8 Å². The van der Waals surface area contributed by atoms with E-state index in [9.17, 15) is 0 Å². The van der Waals surface area contributed by atoms with E-state index in [1.54, 1.807) is 0 Å². The van der Waals surface area contributed by atoms with E-state index in [4.69, 9.17) is 4.74 Å². The summed E-state index contributed by atoms with van der Waals surface area (Å²) in [5, 5.41) is 3.16. The molecule has 0 aromatic heterocycles. The fourth-order valence-corrected chi connectivity index (χ4v) is 0.516. The van der Waals surface area contributed by atoms with Gasteiger partial charge in [-0.1, -0.05) is 13.8 Å². The molecule has 0 aromatic carbocycles. The van der Waals surface area contributed by atoms with Crippen LogP contribution in [0, 0.1) is 0 Å². The summed E-state index contributed by atoms with van der Waals surface area (Å²) in [5.74, 6) is 0. The summed E-state index contributed by atoms with van der Waals surface area (Å²) in [6.45, 7) is 13.8. The van der Waals surface area contributed by atoms with Crippen LogP contribution in [-0.4, -0.2) is 26.3 Å². The van der Waals surface area contributed by atoms with Crippen molar-refractivity contribution in [3.05, 3.63) is 13.2 Å². The first kappa shape index (κ1) is 12.3. The van der Waals surface area contributed by atoms with Crippen LogP contribution in [-0.2, 0) is 4.74 Å². The maximum atomic E-state index is 5.01. The van der Waals surface area contributed by atoms with Gasteiger partial charge in [-0.3, -0.25) is 0 Å². The Morgan fingerprint density at radius 1 is 1.10 bits per heavy atom. The van der Waals surface area contributed by atoms with Crippen LogP contribution in [0.2, 0.25) is 0 Å². The highest BCUT2D eigenvalue weighted by atomic mass is 16.5. The van der Waals surface area contributed by atoms with E-state index in [1.165, 1.54) is 0 Å². The van der Waals surface area contributed by atoms with Gasteiger partial charge in [0.15, 0.2) is 0 Å². The Morgan fingerprint density at radius 3 is 1.60 bits per heavy atom. The average Bonchev–Trinajstić information content (AvgIpc) is 2.14. The van der Waals surface area contributed by atoms with Crippen LogP contribution in [0.4, 0.5) is 0 Å². The molecule has 0 saturated carbocycles. The molecule has 0 spiro atoms. The Bertz CT molecular complexity index is 33.0. The molecule has 0 atom stereocenters. The Labute approximate surface area is 64.3 Å². The Kier molecular flexibility index (Phi) is 19.6. The Balaban J connectivity index is 0. The molecule has 10 heavy (non-hydrogen) atoms. The minimum Gasteiger partial charge on any atom is -0.379 e. The smallest absolute Gasteiger partial charge is 0.0591 e. The fourth-order valence-electron chi connectivity index (χ4n) is 0.516. The zero-order valence-corrected chi connectivity index (χ0v) is 7.15. The minimum absolute atomic E-state index is 0.889. The van der Waals surface area contributed by atoms with Crippen molar-refractivity contribution in [3.63, 3.8) is 0 Å². The van der Waals surface area contributed by atoms with E-state index >= 15 is 0 Å². The predicted octanol–water partition coefficient (Wildman–Crippen LogP) is 1.43. The summed E-state index contributed by atoms with van der Waals surface area (Å²) in [6, 6.07) is 0. The van der Waals surface area contributed by atoms with Gasteiger partial charge in [0.1, 0.15) is 0 Å². The lowest BCUT2D eigenvalue weighted by molar-refractivity contribution is 0.109. The standard InChI is InChI=1S/C4H9NO.C2H6.C2H4/c1-3-6-4-2-5-1;2*1-2/h5H,1-4H2;1-2H3;1-2H2. The molecule has 0 bridgehead atoms. The van der Waals surface area contributed by atoms with Gasteiger partial charge in [-0.25, -0.2) is 0 Å². The highest BCUT2D eigenvalue weighted by Crippen LogP contribution is 1.76. The number of hydrogen-bond acceptors (Lipinski definition) is 2. The second-order valence-electron chi connectivity index (χ2n) is 1.36. The van der Waals surface area contributed by atoms with Crippen molar-refractivity contribution < 1.29 is 4.74 Å². The summed E-state index contributed by atoms with van der Waals surface area (Å²) in [6.07, 6.45) is 0. The number of rotatable bonds is 0. The molecule has 0 amide bonds. The molecule has 0 aliphatic carbocycles. The van der Waals surface area contributed by atoms with Crippen molar-refractivity contribution in [2.24, 2.45) is 0 Å². The zero-order chi connectivity index (χ0) is 8.24. The third kappa shape index (κ3) is 10.6. The van der Waals surface area contributed by atoms with Crippen molar-refractivity contribution >= 4 is 0 Å².